The van der Waals surface area contributed by atoms with Crippen molar-refractivity contribution in [3.63, 3.8) is 0 Å². The summed E-state index contributed by atoms with van der Waals surface area (Å²) in [5.74, 6) is 0. The third-order valence-electron chi connectivity index (χ3n) is 3.73. The first kappa shape index (κ1) is 19.7. The fraction of sp³-hybridized carbons (Fsp3) is 0.167. The molecule has 0 unspecified atom stereocenters. The molecule has 2 heterocycles. The van der Waals surface area contributed by atoms with Gasteiger partial charge in [-0.3, -0.25) is 4.98 Å². The lowest BCUT2D eigenvalue weighted by Crippen LogP contribution is -2.29. The zero-order chi connectivity index (χ0) is 20.3. The number of carbonyl (C=O) groups is 1. The minimum atomic E-state index is -4.62. The van der Waals surface area contributed by atoms with Crippen molar-refractivity contribution in [2.75, 3.05) is 5.32 Å². The van der Waals surface area contributed by atoms with Gasteiger partial charge < -0.3 is 10.6 Å². The average Bonchev–Trinajstić information content (AvgIpc) is 3.07. The van der Waals surface area contributed by atoms with Crippen LogP contribution >= 0.6 is 11.6 Å². The molecular formula is C18H15ClF3N5O. The third kappa shape index (κ3) is 4.80. The van der Waals surface area contributed by atoms with Gasteiger partial charge in [-0.05, 0) is 43.3 Å². The Bertz CT molecular complexity index is 986. The van der Waals surface area contributed by atoms with Crippen molar-refractivity contribution in [1.82, 2.24) is 20.1 Å². The Hall–Kier alpha value is -3.07. The summed E-state index contributed by atoms with van der Waals surface area (Å²) in [6, 6.07) is 9.93. The maximum Gasteiger partial charge on any atom is 0.435 e. The molecule has 2 N–H and O–H groups in total. The van der Waals surface area contributed by atoms with E-state index < -0.39 is 17.9 Å². The molecule has 6 nitrogen and oxygen atoms in total. The average molecular weight is 410 g/mol. The smallest absolute Gasteiger partial charge is 0.332 e. The van der Waals surface area contributed by atoms with E-state index >= 15 is 0 Å². The first-order valence-corrected chi connectivity index (χ1v) is 8.50. The summed E-state index contributed by atoms with van der Waals surface area (Å²) < 4.78 is 40.4. The molecule has 0 aliphatic heterocycles. The molecule has 3 aromatic rings. The number of pyridine rings is 1. The molecule has 3 rings (SSSR count). The van der Waals surface area contributed by atoms with Gasteiger partial charge in [0, 0.05) is 10.7 Å². The van der Waals surface area contributed by atoms with Gasteiger partial charge in [-0.1, -0.05) is 17.7 Å². The van der Waals surface area contributed by atoms with Crippen molar-refractivity contribution >= 4 is 23.3 Å². The van der Waals surface area contributed by atoms with E-state index in [4.69, 9.17) is 11.6 Å². The Morgan fingerprint density at radius 3 is 2.64 bits per heavy atom. The number of aromatic nitrogens is 3. The zero-order valence-electron chi connectivity index (χ0n) is 14.6. The van der Waals surface area contributed by atoms with E-state index in [1.165, 1.54) is 12.3 Å². The summed E-state index contributed by atoms with van der Waals surface area (Å²) in [6.45, 7) is 1.62. The molecule has 146 valence electrons. The number of anilines is 1. The van der Waals surface area contributed by atoms with Gasteiger partial charge in [0.1, 0.15) is 0 Å². The number of benzene rings is 1. The predicted octanol–water partition coefficient (Wildman–Crippen LogP) is 4.57. The number of hydrogen-bond acceptors (Lipinski definition) is 3. The molecule has 0 aliphatic rings. The molecule has 28 heavy (non-hydrogen) atoms. The number of nitrogens with one attached hydrogen (secondary N) is 2. The molecule has 0 atom stereocenters. The second-order valence-corrected chi connectivity index (χ2v) is 6.34. The summed E-state index contributed by atoms with van der Waals surface area (Å²) in [7, 11) is 0. The number of amides is 2. The molecule has 0 aliphatic carbocycles. The van der Waals surface area contributed by atoms with Crippen LogP contribution in [0.1, 0.15) is 17.1 Å². The van der Waals surface area contributed by atoms with Crippen molar-refractivity contribution in [3.05, 3.63) is 70.8 Å². The zero-order valence-corrected chi connectivity index (χ0v) is 15.3. The van der Waals surface area contributed by atoms with Crippen molar-refractivity contribution in [2.45, 2.75) is 19.6 Å². The molecular weight excluding hydrogens is 395 g/mol. The van der Waals surface area contributed by atoms with Crippen LogP contribution in [0.2, 0.25) is 5.02 Å². The summed E-state index contributed by atoms with van der Waals surface area (Å²) in [6.07, 6.45) is -3.14. The molecule has 0 radical (unpaired) electrons. The van der Waals surface area contributed by atoms with E-state index in [9.17, 15) is 18.0 Å². The van der Waals surface area contributed by atoms with Crippen molar-refractivity contribution in [1.29, 1.82) is 0 Å². The maximum absolute atomic E-state index is 13.1. The standard InChI is InChI=1S/C18H15ClF3N5O/c1-11-5-6-13(9-23-11)25-17(28)24-10-15-8-16(18(20,21)22)26-27(15)14-4-2-3-12(19)7-14/h2-9H,10H2,1H3,(H2,24,25,28). The fourth-order valence-electron chi connectivity index (χ4n) is 2.40. The lowest BCUT2D eigenvalue weighted by atomic mass is 10.3. The normalized spacial score (nSPS) is 11.3. The lowest BCUT2D eigenvalue weighted by Gasteiger charge is -2.10. The second-order valence-electron chi connectivity index (χ2n) is 5.91. The van der Waals surface area contributed by atoms with Gasteiger partial charge in [0.25, 0.3) is 0 Å². The molecule has 2 aromatic heterocycles. The number of urea groups is 1. The minimum absolute atomic E-state index is 0.145. The van der Waals surface area contributed by atoms with Gasteiger partial charge in [-0.25, -0.2) is 9.48 Å². The number of carbonyl (C=O) groups excluding carboxylic acids is 1. The molecule has 0 bridgehead atoms. The van der Waals surface area contributed by atoms with Crippen LogP contribution in [0.5, 0.6) is 0 Å². The highest BCUT2D eigenvalue weighted by atomic mass is 35.5. The third-order valence-corrected chi connectivity index (χ3v) is 3.96. The number of nitrogens with zero attached hydrogens (tertiary/aromatic N) is 3. The van der Waals surface area contributed by atoms with E-state index in [1.807, 2.05) is 0 Å². The van der Waals surface area contributed by atoms with Gasteiger partial charge in [0.05, 0.1) is 29.8 Å². The van der Waals surface area contributed by atoms with Crippen LogP contribution in [-0.4, -0.2) is 20.8 Å². The number of rotatable bonds is 4. The van der Waals surface area contributed by atoms with E-state index in [1.54, 1.807) is 37.3 Å². The highest BCUT2D eigenvalue weighted by Crippen LogP contribution is 2.30. The largest absolute Gasteiger partial charge is 0.435 e. The Labute approximate surface area is 163 Å². The number of alkyl halides is 3. The highest BCUT2D eigenvalue weighted by molar-refractivity contribution is 6.30. The topological polar surface area (TPSA) is 71.8 Å². The van der Waals surface area contributed by atoms with Crippen LogP contribution in [0.4, 0.5) is 23.7 Å². The van der Waals surface area contributed by atoms with E-state index in [0.29, 0.717) is 16.4 Å². The Morgan fingerprint density at radius 1 is 1.21 bits per heavy atom. The molecule has 0 fully saturated rings. The first-order chi connectivity index (χ1) is 13.2. The monoisotopic (exact) mass is 409 g/mol. The van der Waals surface area contributed by atoms with Crippen molar-refractivity contribution in [2.24, 2.45) is 0 Å². The molecule has 2 amide bonds. The molecule has 1 aromatic carbocycles. The van der Waals surface area contributed by atoms with Crippen molar-refractivity contribution in [3.8, 4) is 5.69 Å². The molecule has 0 spiro atoms. The molecule has 10 heteroatoms. The lowest BCUT2D eigenvalue weighted by molar-refractivity contribution is -0.141. The molecule has 0 saturated carbocycles. The van der Waals surface area contributed by atoms with Gasteiger partial charge >= 0.3 is 12.2 Å². The van der Waals surface area contributed by atoms with Crippen LogP contribution < -0.4 is 10.6 Å². The van der Waals surface area contributed by atoms with Crippen molar-refractivity contribution < 1.29 is 18.0 Å². The Balaban J connectivity index is 1.79. The fourth-order valence-corrected chi connectivity index (χ4v) is 2.59. The van der Waals surface area contributed by atoms with Gasteiger partial charge in [0.15, 0.2) is 5.69 Å². The Morgan fingerprint density at radius 2 is 2.00 bits per heavy atom. The summed E-state index contributed by atoms with van der Waals surface area (Å²) in [5, 5.41) is 9.04. The van der Waals surface area contributed by atoms with E-state index in [2.05, 4.69) is 20.7 Å². The second kappa shape index (κ2) is 7.89. The van der Waals surface area contributed by atoms with Crippen LogP contribution in [-0.2, 0) is 12.7 Å². The van der Waals surface area contributed by atoms with Crippen LogP contribution in [0.3, 0.4) is 0 Å². The van der Waals surface area contributed by atoms with Crippen LogP contribution in [0, 0.1) is 6.92 Å². The Kier molecular flexibility index (Phi) is 5.55. The summed E-state index contributed by atoms with van der Waals surface area (Å²) in [5.41, 5.74) is 0.681. The van der Waals surface area contributed by atoms with E-state index in [0.717, 1.165) is 16.4 Å². The number of halogens is 4. The summed E-state index contributed by atoms with van der Waals surface area (Å²) in [4.78, 5) is 16.1. The van der Waals surface area contributed by atoms with Gasteiger partial charge in [-0.2, -0.15) is 18.3 Å². The molecule has 0 saturated heterocycles. The number of aryl methyl sites for hydroxylation is 1. The van der Waals surface area contributed by atoms with Crippen LogP contribution in [0.25, 0.3) is 5.69 Å². The van der Waals surface area contributed by atoms with Crippen LogP contribution in [0.15, 0.2) is 48.7 Å². The summed E-state index contributed by atoms with van der Waals surface area (Å²) >= 11 is 5.92. The quantitative estimate of drug-likeness (QED) is 0.663. The van der Waals surface area contributed by atoms with E-state index in [-0.39, 0.29) is 12.2 Å². The number of hydrogen-bond donors (Lipinski definition) is 2. The van der Waals surface area contributed by atoms with Gasteiger partial charge in [0.2, 0.25) is 0 Å². The highest BCUT2D eigenvalue weighted by Gasteiger charge is 2.35. The minimum Gasteiger partial charge on any atom is -0.332 e. The SMILES string of the molecule is Cc1ccc(NC(=O)NCc2cc(C(F)(F)F)nn2-c2cccc(Cl)c2)cn1. The predicted molar refractivity (Wildman–Crippen MR) is 98.4 cm³/mol. The van der Waals surface area contributed by atoms with Gasteiger partial charge in [-0.15, -0.1) is 0 Å². The maximum atomic E-state index is 13.1. The first-order valence-electron chi connectivity index (χ1n) is 8.12.